The zero-order chi connectivity index (χ0) is 17.0. The molecule has 3 amide bonds. The molecule has 25 heavy (non-hydrogen) atoms. The highest BCUT2D eigenvalue weighted by molar-refractivity contribution is 6.24. The summed E-state index contributed by atoms with van der Waals surface area (Å²) >= 11 is 0. The van der Waals surface area contributed by atoms with Crippen LogP contribution in [-0.4, -0.2) is 22.9 Å². The maximum atomic E-state index is 13.1. The third-order valence-corrected chi connectivity index (χ3v) is 5.20. The van der Waals surface area contributed by atoms with Gasteiger partial charge in [0, 0.05) is 18.4 Å². The van der Waals surface area contributed by atoms with Gasteiger partial charge in [0.25, 0.3) is 5.91 Å². The summed E-state index contributed by atoms with van der Waals surface area (Å²) in [5.41, 5.74) is 2.95. The van der Waals surface area contributed by atoms with Gasteiger partial charge in [-0.05, 0) is 22.6 Å². The smallest absolute Gasteiger partial charge is 0.307 e. The Morgan fingerprint density at radius 2 is 1.52 bits per heavy atom. The van der Waals surface area contributed by atoms with Gasteiger partial charge in [0.05, 0.1) is 5.69 Å². The minimum Gasteiger partial charge on any atom is -0.307 e. The maximum Gasteiger partial charge on any atom is 0.332 e. The van der Waals surface area contributed by atoms with Crippen LogP contribution in [0.4, 0.5) is 10.5 Å². The van der Waals surface area contributed by atoms with E-state index in [0.29, 0.717) is 18.7 Å². The van der Waals surface area contributed by atoms with Gasteiger partial charge in [-0.2, -0.15) is 0 Å². The van der Waals surface area contributed by atoms with E-state index in [4.69, 9.17) is 0 Å². The lowest BCUT2D eigenvalue weighted by atomic mass is 9.95. The summed E-state index contributed by atoms with van der Waals surface area (Å²) in [6, 6.07) is 21.0. The molecule has 0 radical (unpaired) electrons. The molecule has 5 rings (SSSR count). The van der Waals surface area contributed by atoms with E-state index in [0.717, 1.165) is 21.9 Å². The van der Waals surface area contributed by atoms with Crippen molar-refractivity contribution in [3.8, 4) is 0 Å². The summed E-state index contributed by atoms with van der Waals surface area (Å²) in [5.74, 6) is -0.129. The summed E-state index contributed by atoms with van der Waals surface area (Å²) in [7, 11) is 0. The number of fused-ring (bicyclic) bond motifs is 3. The minimum atomic E-state index is -0.402. The van der Waals surface area contributed by atoms with Gasteiger partial charge in [-0.15, -0.1) is 0 Å². The Kier molecular flexibility index (Phi) is 2.95. The standard InChI is InChI=1S/C21H16N2O2/c24-20-19-12-15-7-1-2-8-16(15)13-22(19)21(25)23(20)18-11-5-9-14-6-3-4-10-17(14)18/h1-11,19H,12-13H2. The van der Waals surface area contributed by atoms with Crippen LogP contribution in [0.2, 0.25) is 0 Å². The van der Waals surface area contributed by atoms with Crippen LogP contribution >= 0.6 is 0 Å². The quantitative estimate of drug-likeness (QED) is 0.639. The van der Waals surface area contributed by atoms with Gasteiger partial charge in [-0.3, -0.25) is 4.79 Å². The lowest BCUT2D eigenvalue weighted by Crippen LogP contribution is -2.39. The van der Waals surface area contributed by atoms with Crippen LogP contribution in [0.3, 0.4) is 0 Å². The Labute approximate surface area is 145 Å². The number of nitrogens with zero attached hydrogens (tertiary/aromatic N) is 2. The fourth-order valence-corrected chi connectivity index (χ4v) is 3.94. The SMILES string of the molecule is O=C1C2Cc3ccccc3CN2C(=O)N1c1cccc2ccccc12. The number of urea groups is 1. The maximum absolute atomic E-state index is 13.1. The molecule has 1 unspecified atom stereocenters. The van der Waals surface area contributed by atoms with Crippen molar-refractivity contribution < 1.29 is 9.59 Å². The first-order valence-corrected chi connectivity index (χ1v) is 8.43. The summed E-state index contributed by atoms with van der Waals surface area (Å²) in [6.07, 6.45) is 0.585. The molecule has 2 heterocycles. The van der Waals surface area contributed by atoms with Crippen LogP contribution in [0.15, 0.2) is 66.7 Å². The third-order valence-electron chi connectivity index (χ3n) is 5.20. The average molecular weight is 328 g/mol. The molecule has 0 bridgehead atoms. The predicted octanol–water partition coefficient (Wildman–Crippen LogP) is 3.73. The Balaban J connectivity index is 1.61. The van der Waals surface area contributed by atoms with E-state index in [1.54, 1.807) is 4.90 Å². The van der Waals surface area contributed by atoms with Gasteiger partial charge in [-0.1, -0.05) is 60.7 Å². The molecule has 1 fully saturated rings. The highest BCUT2D eigenvalue weighted by atomic mass is 16.2. The molecular formula is C21H16N2O2. The number of imide groups is 1. The molecule has 4 heteroatoms. The lowest BCUT2D eigenvalue weighted by Gasteiger charge is -2.28. The number of hydrogen-bond donors (Lipinski definition) is 0. The molecule has 1 saturated heterocycles. The summed E-state index contributed by atoms with van der Waals surface area (Å²) in [5, 5.41) is 1.94. The lowest BCUT2D eigenvalue weighted by molar-refractivity contribution is -0.119. The van der Waals surface area contributed by atoms with Crippen LogP contribution in [-0.2, 0) is 17.8 Å². The van der Waals surface area contributed by atoms with Crippen molar-refractivity contribution in [1.29, 1.82) is 0 Å². The second-order valence-corrected chi connectivity index (χ2v) is 6.57. The van der Waals surface area contributed by atoms with E-state index in [1.807, 2.05) is 66.7 Å². The van der Waals surface area contributed by atoms with Gasteiger partial charge in [-0.25, -0.2) is 9.69 Å². The van der Waals surface area contributed by atoms with Crippen molar-refractivity contribution in [2.24, 2.45) is 0 Å². The van der Waals surface area contributed by atoms with Crippen LogP contribution in [0.5, 0.6) is 0 Å². The van der Waals surface area contributed by atoms with Gasteiger partial charge in [0.2, 0.25) is 0 Å². The Morgan fingerprint density at radius 1 is 0.800 bits per heavy atom. The van der Waals surface area contributed by atoms with Crippen molar-refractivity contribution in [1.82, 2.24) is 4.90 Å². The first kappa shape index (κ1) is 14.2. The van der Waals surface area contributed by atoms with Gasteiger partial charge in [0.1, 0.15) is 6.04 Å². The predicted molar refractivity (Wildman–Crippen MR) is 96.3 cm³/mol. The molecule has 0 spiro atoms. The summed E-state index contributed by atoms with van der Waals surface area (Å²) in [6.45, 7) is 0.493. The van der Waals surface area contributed by atoms with Gasteiger partial charge >= 0.3 is 6.03 Å². The molecule has 0 aliphatic carbocycles. The second kappa shape index (κ2) is 5.18. The second-order valence-electron chi connectivity index (χ2n) is 6.57. The largest absolute Gasteiger partial charge is 0.332 e. The molecule has 3 aromatic rings. The molecule has 0 aromatic heterocycles. The van der Waals surface area contributed by atoms with E-state index in [2.05, 4.69) is 0 Å². The van der Waals surface area contributed by atoms with Gasteiger partial charge in [0.15, 0.2) is 0 Å². The molecule has 2 aliphatic heterocycles. The Bertz CT molecular complexity index is 979. The van der Waals surface area contributed by atoms with Crippen molar-refractivity contribution in [2.45, 2.75) is 19.0 Å². The van der Waals surface area contributed by atoms with Crippen molar-refractivity contribution in [3.63, 3.8) is 0 Å². The highest BCUT2D eigenvalue weighted by Gasteiger charge is 2.48. The number of benzene rings is 3. The zero-order valence-corrected chi connectivity index (χ0v) is 13.6. The summed E-state index contributed by atoms with van der Waals surface area (Å²) < 4.78 is 0. The monoisotopic (exact) mass is 328 g/mol. The van der Waals surface area contributed by atoms with Crippen molar-refractivity contribution in [3.05, 3.63) is 77.9 Å². The fourth-order valence-electron chi connectivity index (χ4n) is 3.94. The first-order valence-electron chi connectivity index (χ1n) is 8.43. The van der Waals surface area contributed by atoms with E-state index in [9.17, 15) is 9.59 Å². The topological polar surface area (TPSA) is 40.6 Å². The van der Waals surface area contributed by atoms with Crippen LogP contribution in [0.25, 0.3) is 10.8 Å². The Hall–Kier alpha value is -3.14. The van der Waals surface area contributed by atoms with E-state index < -0.39 is 6.04 Å². The van der Waals surface area contributed by atoms with Crippen molar-refractivity contribution in [2.75, 3.05) is 4.90 Å². The molecule has 122 valence electrons. The fraction of sp³-hybridized carbons (Fsp3) is 0.143. The van der Waals surface area contributed by atoms with Gasteiger partial charge < -0.3 is 4.90 Å². The number of carbonyl (C=O) groups excluding carboxylic acids is 2. The highest BCUT2D eigenvalue weighted by Crippen LogP contribution is 2.35. The number of carbonyl (C=O) groups is 2. The number of hydrogen-bond acceptors (Lipinski definition) is 2. The van der Waals surface area contributed by atoms with E-state index >= 15 is 0 Å². The number of amides is 3. The van der Waals surface area contributed by atoms with E-state index in [-0.39, 0.29) is 11.9 Å². The minimum absolute atomic E-state index is 0.129. The van der Waals surface area contributed by atoms with Crippen LogP contribution in [0.1, 0.15) is 11.1 Å². The molecular weight excluding hydrogens is 312 g/mol. The molecule has 4 nitrogen and oxygen atoms in total. The average Bonchev–Trinajstić information content (AvgIpc) is 2.90. The Morgan fingerprint density at radius 3 is 2.40 bits per heavy atom. The number of rotatable bonds is 1. The van der Waals surface area contributed by atoms with Crippen LogP contribution < -0.4 is 4.90 Å². The molecule has 3 aromatic carbocycles. The summed E-state index contributed by atoms with van der Waals surface area (Å²) in [4.78, 5) is 29.2. The van der Waals surface area contributed by atoms with Crippen molar-refractivity contribution >= 4 is 28.4 Å². The molecule has 2 aliphatic rings. The van der Waals surface area contributed by atoms with E-state index in [1.165, 1.54) is 4.90 Å². The molecule has 0 saturated carbocycles. The van der Waals surface area contributed by atoms with Crippen LogP contribution in [0, 0.1) is 0 Å². The molecule has 0 N–H and O–H groups in total. The third kappa shape index (κ3) is 2.00. The zero-order valence-electron chi connectivity index (χ0n) is 13.6. The normalized spacial score (nSPS) is 19.3. The molecule has 1 atom stereocenters. The first-order chi connectivity index (χ1) is 12.2. The number of anilines is 1.